The fraction of sp³-hybridized carbons (Fsp3) is 0.722. The van der Waals surface area contributed by atoms with Crippen molar-refractivity contribution in [3.63, 3.8) is 0 Å². The van der Waals surface area contributed by atoms with Gasteiger partial charge in [0, 0.05) is 19.3 Å². The van der Waals surface area contributed by atoms with E-state index in [1.165, 1.54) is 32.1 Å². The smallest absolute Gasteiger partial charge is 0.267 e. The first-order valence-corrected chi connectivity index (χ1v) is 8.94. The third kappa shape index (κ3) is 5.48. The van der Waals surface area contributed by atoms with Gasteiger partial charge in [-0.3, -0.25) is 4.79 Å². The monoisotopic (exact) mass is 305 g/mol. The lowest BCUT2D eigenvalue weighted by Crippen LogP contribution is -2.27. The minimum atomic E-state index is 0.0691. The summed E-state index contributed by atoms with van der Waals surface area (Å²) in [5.74, 6) is 0.809. The number of unbranched alkanes of at least 4 members (excludes halogenated alkanes) is 3. The highest BCUT2D eigenvalue weighted by Crippen LogP contribution is 2.25. The molecule has 0 bridgehead atoms. The third-order valence-electron chi connectivity index (χ3n) is 4.66. The normalized spacial score (nSPS) is 15.9. The van der Waals surface area contributed by atoms with Crippen molar-refractivity contribution in [3.05, 3.63) is 24.0 Å². The van der Waals surface area contributed by atoms with Crippen LogP contribution in [0.5, 0.6) is 0 Å². The molecule has 124 valence electrons. The molecule has 4 heteroatoms. The number of amides is 1. The third-order valence-corrected chi connectivity index (χ3v) is 4.66. The fourth-order valence-electron chi connectivity index (χ4n) is 3.34. The standard InChI is InChI=1S/C18H31N3O/c19-12-6-1-2-7-13-20-18(22)17-11-8-14-21(17)15-16-9-4-3-5-10-16/h8,11,14,16H,1-7,9-10,12-13,15,19H2,(H,20,22). The van der Waals surface area contributed by atoms with Crippen molar-refractivity contribution < 1.29 is 4.79 Å². The minimum absolute atomic E-state index is 0.0691. The van der Waals surface area contributed by atoms with Gasteiger partial charge in [-0.25, -0.2) is 0 Å². The minimum Gasteiger partial charge on any atom is -0.351 e. The summed E-state index contributed by atoms with van der Waals surface area (Å²) in [5.41, 5.74) is 6.29. The van der Waals surface area contributed by atoms with Gasteiger partial charge in [0.25, 0.3) is 5.91 Å². The molecule has 3 N–H and O–H groups in total. The molecule has 0 saturated heterocycles. The molecule has 1 aliphatic carbocycles. The number of nitrogens with two attached hydrogens (primary N) is 1. The summed E-state index contributed by atoms with van der Waals surface area (Å²) < 4.78 is 2.14. The Morgan fingerprint density at radius 3 is 2.73 bits per heavy atom. The molecule has 0 aliphatic heterocycles. The lowest BCUT2D eigenvalue weighted by molar-refractivity contribution is 0.0942. The largest absolute Gasteiger partial charge is 0.351 e. The molecule has 2 rings (SSSR count). The van der Waals surface area contributed by atoms with E-state index >= 15 is 0 Å². The Hall–Kier alpha value is -1.29. The number of aromatic nitrogens is 1. The fourth-order valence-corrected chi connectivity index (χ4v) is 3.34. The highest BCUT2D eigenvalue weighted by atomic mass is 16.1. The van der Waals surface area contributed by atoms with Crippen molar-refractivity contribution in [2.24, 2.45) is 11.7 Å². The van der Waals surface area contributed by atoms with Crippen LogP contribution in [0.2, 0.25) is 0 Å². The summed E-state index contributed by atoms with van der Waals surface area (Å²) in [6.07, 6.45) is 13.1. The SMILES string of the molecule is NCCCCCCNC(=O)c1cccn1CC1CCCCC1. The predicted molar refractivity (Wildman–Crippen MR) is 90.9 cm³/mol. The van der Waals surface area contributed by atoms with E-state index in [0.29, 0.717) is 0 Å². The number of nitrogens with zero attached hydrogens (tertiary/aromatic N) is 1. The van der Waals surface area contributed by atoms with Crippen LogP contribution >= 0.6 is 0 Å². The van der Waals surface area contributed by atoms with Gasteiger partial charge in [0.1, 0.15) is 5.69 Å². The highest BCUT2D eigenvalue weighted by Gasteiger charge is 2.17. The molecule has 1 aromatic rings. The van der Waals surface area contributed by atoms with Gasteiger partial charge in [0.2, 0.25) is 0 Å². The molecule has 0 aromatic carbocycles. The van der Waals surface area contributed by atoms with Crippen molar-refractivity contribution in [2.75, 3.05) is 13.1 Å². The van der Waals surface area contributed by atoms with E-state index in [9.17, 15) is 4.79 Å². The molecule has 0 radical (unpaired) electrons. The zero-order chi connectivity index (χ0) is 15.6. The van der Waals surface area contributed by atoms with E-state index in [0.717, 1.165) is 56.9 Å². The lowest BCUT2D eigenvalue weighted by atomic mass is 9.89. The Morgan fingerprint density at radius 2 is 1.95 bits per heavy atom. The maximum Gasteiger partial charge on any atom is 0.267 e. The van der Waals surface area contributed by atoms with E-state index in [2.05, 4.69) is 9.88 Å². The molecular weight excluding hydrogens is 274 g/mol. The van der Waals surface area contributed by atoms with E-state index < -0.39 is 0 Å². The number of hydrogen-bond acceptors (Lipinski definition) is 2. The molecule has 4 nitrogen and oxygen atoms in total. The maximum atomic E-state index is 12.3. The van der Waals surface area contributed by atoms with Crippen LogP contribution in [0.25, 0.3) is 0 Å². The molecule has 0 atom stereocenters. The van der Waals surface area contributed by atoms with Gasteiger partial charge in [-0.2, -0.15) is 0 Å². The zero-order valence-electron chi connectivity index (χ0n) is 13.7. The number of rotatable bonds is 9. The van der Waals surface area contributed by atoms with Crippen LogP contribution in [0.4, 0.5) is 0 Å². The summed E-state index contributed by atoms with van der Waals surface area (Å²) >= 11 is 0. The van der Waals surface area contributed by atoms with E-state index in [1.54, 1.807) is 0 Å². The second-order valence-corrected chi connectivity index (χ2v) is 6.51. The molecule has 1 aliphatic rings. The number of carbonyl (C=O) groups is 1. The van der Waals surface area contributed by atoms with Gasteiger partial charge in [0.05, 0.1) is 0 Å². The molecule has 1 amide bonds. The zero-order valence-corrected chi connectivity index (χ0v) is 13.7. The molecule has 1 fully saturated rings. The van der Waals surface area contributed by atoms with Crippen LogP contribution < -0.4 is 11.1 Å². The first-order valence-electron chi connectivity index (χ1n) is 8.94. The van der Waals surface area contributed by atoms with Gasteiger partial charge in [0.15, 0.2) is 0 Å². The van der Waals surface area contributed by atoms with Crippen molar-refractivity contribution in [1.82, 2.24) is 9.88 Å². The Kier molecular flexibility index (Phi) is 7.50. The van der Waals surface area contributed by atoms with Crippen LogP contribution in [0, 0.1) is 5.92 Å². The lowest BCUT2D eigenvalue weighted by Gasteiger charge is -2.23. The first-order chi connectivity index (χ1) is 10.8. The molecule has 1 saturated carbocycles. The van der Waals surface area contributed by atoms with Crippen LogP contribution in [-0.4, -0.2) is 23.6 Å². The van der Waals surface area contributed by atoms with Crippen molar-refractivity contribution in [2.45, 2.75) is 64.3 Å². The molecule has 0 spiro atoms. The van der Waals surface area contributed by atoms with E-state index in [4.69, 9.17) is 5.73 Å². The quantitative estimate of drug-likeness (QED) is 0.688. The topological polar surface area (TPSA) is 60.0 Å². The second-order valence-electron chi connectivity index (χ2n) is 6.51. The van der Waals surface area contributed by atoms with Crippen molar-refractivity contribution in [1.29, 1.82) is 0 Å². The molecule has 1 heterocycles. The summed E-state index contributed by atoms with van der Waals surface area (Å²) in [6.45, 7) is 2.52. The van der Waals surface area contributed by atoms with Gasteiger partial charge >= 0.3 is 0 Å². The Balaban J connectivity index is 1.74. The summed E-state index contributed by atoms with van der Waals surface area (Å²) in [7, 11) is 0. The predicted octanol–water partition coefficient (Wildman–Crippen LogP) is 3.32. The van der Waals surface area contributed by atoms with Gasteiger partial charge in [-0.1, -0.05) is 32.1 Å². The average Bonchev–Trinajstić information content (AvgIpc) is 3.00. The first kappa shape index (κ1) is 17.1. The van der Waals surface area contributed by atoms with Crippen LogP contribution in [-0.2, 0) is 6.54 Å². The number of nitrogens with one attached hydrogen (secondary N) is 1. The highest BCUT2D eigenvalue weighted by molar-refractivity contribution is 5.92. The molecule has 1 aromatic heterocycles. The summed E-state index contributed by atoms with van der Waals surface area (Å²) in [4.78, 5) is 12.3. The Labute approximate surface area is 134 Å². The van der Waals surface area contributed by atoms with Gasteiger partial charge in [-0.15, -0.1) is 0 Å². The van der Waals surface area contributed by atoms with Crippen molar-refractivity contribution in [3.8, 4) is 0 Å². The summed E-state index contributed by atoms with van der Waals surface area (Å²) in [6, 6.07) is 3.92. The van der Waals surface area contributed by atoms with E-state index in [1.807, 2.05) is 18.3 Å². The van der Waals surface area contributed by atoms with Crippen molar-refractivity contribution >= 4 is 5.91 Å². The Morgan fingerprint density at radius 1 is 1.18 bits per heavy atom. The molecule has 22 heavy (non-hydrogen) atoms. The average molecular weight is 305 g/mol. The summed E-state index contributed by atoms with van der Waals surface area (Å²) in [5, 5.41) is 3.05. The van der Waals surface area contributed by atoms with Gasteiger partial charge in [-0.05, 0) is 50.3 Å². The second kappa shape index (κ2) is 9.67. The van der Waals surface area contributed by atoms with Gasteiger partial charge < -0.3 is 15.6 Å². The molecular formula is C18H31N3O. The number of carbonyl (C=O) groups excluding carboxylic acids is 1. The van der Waals surface area contributed by atoms with Crippen LogP contribution in [0.3, 0.4) is 0 Å². The maximum absolute atomic E-state index is 12.3. The number of hydrogen-bond donors (Lipinski definition) is 2. The van der Waals surface area contributed by atoms with E-state index in [-0.39, 0.29) is 5.91 Å². The van der Waals surface area contributed by atoms with Crippen LogP contribution in [0.1, 0.15) is 68.3 Å². The van der Waals surface area contributed by atoms with Crippen LogP contribution in [0.15, 0.2) is 18.3 Å². The molecule has 0 unspecified atom stereocenters. The Bertz CT molecular complexity index is 435.